The SMILES string of the molecule is COC(=O)[C@H]1C[C@@H]1C(=O)c1cc(Cl)c2c(c1)OC(C)O2. The van der Waals surface area contributed by atoms with Gasteiger partial charge in [-0.15, -0.1) is 0 Å². The number of rotatable bonds is 3. The number of benzene rings is 1. The average Bonchev–Trinajstić information content (AvgIpc) is 3.12. The third kappa shape index (κ3) is 2.12. The molecule has 1 fully saturated rings. The van der Waals surface area contributed by atoms with Gasteiger partial charge >= 0.3 is 5.97 Å². The second-order valence-corrected chi connectivity index (χ2v) is 5.33. The molecule has 0 spiro atoms. The van der Waals surface area contributed by atoms with Crippen LogP contribution in [-0.4, -0.2) is 25.2 Å². The minimum atomic E-state index is -0.420. The lowest BCUT2D eigenvalue weighted by Gasteiger charge is -2.04. The number of esters is 1. The Balaban J connectivity index is 1.83. The van der Waals surface area contributed by atoms with Crippen molar-refractivity contribution in [3.63, 3.8) is 0 Å². The number of carbonyl (C=O) groups is 2. The molecule has 0 aromatic heterocycles. The summed E-state index contributed by atoms with van der Waals surface area (Å²) in [7, 11) is 1.32. The van der Waals surface area contributed by atoms with E-state index in [2.05, 4.69) is 4.74 Å². The Labute approximate surface area is 120 Å². The Kier molecular flexibility index (Phi) is 3.09. The zero-order valence-electron chi connectivity index (χ0n) is 11.0. The lowest BCUT2D eigenvalue weighted by molar-refractivity contribution is -0.142. The van der Waals surface area contributed by atoms with Crippen LogP contribution in [0, 0.1) is 11.8 Å². The van der Waals surface area contributed by atoms with E-state index in [-0.39, 0.29) is 23.6 Å². The molecular weight excluding hydrogens is 284 g/mol. The summed E-state index contributed by atoms with van der Waals surface area (Å²) in [5, 5.41) is 0.338. The standard InChI is InChI=1S/C14H13ClO5/c1-6-19-11-4-7(3-10(15)13(11)20-6)12(16)8-5-9(8)14(17)18-2/h3-4,6,8-9H,5H2,1-2H3/t6?,8-,9-/m0/s1. The lowest BCUT2D eigenvalue weighted by atomic mass is 10.1. The van der Waals surface area contributed by atoms with E-state index in [1.54, 1.807) is 19.1 Å². The van der Waals surface area contributed by atoms with Gasteiger partial charge in [0, 0.05) is 18.4 Å². The molecule has 1 aromatic rings. The number of methoxy groups -OCH3 is 1. The van der Waals surface area contributed by atoms with Gasteiger partial charge in [0.15, 0.2) is 17.3 Å². The quantitative estimate of drug-likeness (QED) is 0.633. The molecular formula is C14H13ClO5. The summed E-state index contributed by atoms with van der Waals surface area (Å²) in [5.74, 6) is -0.205. The van der Waals surface area contributed by atoms with Crippen LogP contribution in [0.5, 0.6) is 11.5 Å². The number of hydrogen-bond donors (Lipinski definition) is 0. The van der Waals surface area contributed by atoms with Gasteiger partial charge in [-0.05, 0) is 18.6 Å². The van der Waals surface area contributed by atoms with Crippen molar-refractivity contribution in [1.82, 2.24) is 0 Å². The van der Waals surface area contributed by atoms with E-state index in [4.69, 9.17) is 21.1 Å². The average molecular weight is 297 g/mol. The highest BCUT2D eigenvalue weighted by atomic mass is 35.5. The molecule has 1 aromatic carbocycles. The predicted molar refractivity (Wildman–Crippen MR) is 70.1 cm³/mol. The molecule has 2 aliphatic rings. The maximum atomic E-state index is 12.3. The Morgan fingerprint density at radius 2 is 2.05 bits per heavy atom. The fraction of sp³-hybridized carbons (Fsp3) is 0.429. The zero-order valence-corrected chi connectivity index (χ0v) is 11.8. The second kappa shape index (κ2) is 4.66. The molecule has 0 radical (unpaired) electrons. The Bertz CT molecular complexity index is 597. The summed E-state index contributed by atoms with van der Waals surface area (Å²) in [6.45, 7) is 1.74. The molecule has 3 atom stereocenters. The Morgan fingerprint density at radius 3 is 2.75 bits per heavy atom. The van der Waals surface area contributed by atoms with Gasteiger partial charge in [0.2, 0.25) is 6.29 Å². The van der Waals surface area contributed by atoms with E-state index >= 15 is 0 Å². The van der Waals surface area contributed by atoms with Gasteiger partial charge in [0.05, 0.1) is 18.1 Å². The number of carbonyl (C=O) groups excluding carboxylic acids is 2. The van der Waals surface area contributed by atoms with Crippen LogP contribution in [0.1, 0.15) is 23.7 Å². The molecule has 1 saturated carbocycles. The van der Waals surface area contributed by atoms with Crippen LogP contribution in [0.3, 0.4) is 0 Å². The highest BCUT2D eigenvalue weighted by molar-refractivity contribution is 6.32. The fourth-order valence-electron chi connectivity index (χ4n) is 2.39. The first-order valence-corrected chi connectivity index (χ1v) is 6.68. The summed E-state index contributed by atoms with van der Waals surface area (Å²) in [5.41, 5.74) is 0.433. The van der Waals surface area contributed by atoms with Crippen LogP contribution in [0.25, 0.3) is 0 Å². The molecule has 6 heteroatoms. The molecule has 0 bridgehead atoms. The molecule has 20 heavy (non-hydrogen) atoms. The fourth-order valence-corrected chi connectivity index (χ4v) is 2.65. The van der Waals surface area contributed by atoms with Crippen LogP contribution < -0.4 is 9.47 Å². The number of ether oxygens (including phenoxy) is 3. The van der Waals surface area contributed by atoms with Gasteiger partial charge in [-0.1, -0.05) is 11.6 Å². The molecule has 5 nitrogen and oxygen atoms in total. The maximum Gasteiger partial charge on any atom is 0.309 e. The largest absolute Gasteiger partial charge is 0.469 e. The van der Waals surface area contributed by atoms with Gasteiger partial charge in [0.1, 0.15) is 0 Å². The summed E-state index contributed by atoms with van der Waals surface area (Å²) in [6.07, 6.45) is 0.102. The van der Waals surface area contributed by atoms with Crippen molar-refractivity contribution < 1.29 is 23.8 Å². The van der Waals surface area contributed by atoms with Gasteiger partial charge in [-0.25, -0.2) is 0 Å². The number of halogens is 1. The van der Waals surface area contributed by atoms with Crippen molar-refractivity contribution in [2.45, 2.75) is 19.6 Å². The minimum Gasteiger partial charge on any atom is -0.469 e. The van der Waals surface area contributed by atoms with Crippen LogP contribution in [0.15, 0.2) is 12.1 Å². The van der Waals surface area contributed by atoms with Crippen molar-refractivity contribution in [1.29, 1.82) is 0 Å². The van der Waals surface area contributed by atoms with E-state index in [0.29, 0.717) is 28.5 Å². The predicted octanol–water partition coefficient (Wildman–Crippen LogP) is 2.45. The monoisotopic (exact) mass is 296 g/mol. The molecule has 106 valence electrons. The van der Waals surface area contributed by atoms with Crippen molar-refractivity contribution in [3.8, 4) is 11.5 Å². The van der Waals surface area contributed by atoms with Crippen molar-refractivity contribution in [2.75, 3.05) is 7.11 Å². The van der Waals surface area contributed by atoms with Crippen LogP contribution in [0.4, 0.5) is 0 Å². The van der Waals surface area contributed by atoms with E-state index in [1.807, 2.05) is 0 Å². The molecule has 0 saturated heterocycles. The topological polar surface area (TPSA) is 61.8 Å². The van der Waals surface area contributed by atoms with Crippen LogP contribution in [-0.2, 0) is 9.53 Å². The third-order valence-electron chi connectivity index (χ3n) is 3.50. The van der Waals surface area contributed by atoms with E-state index in [9.17, 15) is 9.59 Å². The summed E-state index contributed by atoms with van der Waals surface area (Å²) >= 11 is 6.09. The van der Waals surface area contributed by atoms with Gasteiger partial charge in [0.25, 0.3) is 0 Å². The van der Waals surface area contributed by atoms with Crippen molar-refractivity contribution in [2.24, 2.45) is 11.8 Å². The number of Topliss-reactive ketones (excluding diaryl/α,β-unsaturated/α-hetero) is 1. The second-order valence-electron chi connectivity index (χ2n) is 4.92. The first-order valence-electron chi connectivity index (χ1n) is 6.30. The first-order chi connectivity index (χ1) is 9.51. The Hall–Kier alpha value is -1.75. The summed E-state index contributed by atoms with van der Waals surface area (Å²) < 4.78 is 15.4. The van der Waals surface area contributed by atoms with Crippen molar-refractivity contribution >= 4 is 23.4 Å². The Morgan fingerprint density at radius 1 is 1.30 bits per heavy atom. The van der Waals surface area contributed by atoms with Gasteiger partial charge in [-0.3, -0.25) is 9.59 Å². The van der Waals surface area contributed by atoms with Crippen LogP contribution >= 0.6 is 11.6 Å². The molecule has 1 aliphatic heterocycles. The molecule has 0 N–H and O–H groups in total. The highest BCUT2D eigenvalue weighted by Gasteiger charge is 2.49. The lowest BCUT2D eigenvalue weighted by Crippen LogP contribution is -2.11. The molecule has 1 aliphatic carbocycles. The van der Waals surface area contributed by atoms with Gasteiger partial charge in [-0.2, -0.15) is 0 Å². The van der Waals surface area contributed by atoms with Crippen molar-refractivity contribution in [3.05, 3.63) is 22.7 Å². The van der Waals surface area contributed by atoms with E-state index in [0.717, 1.165) is 0 Å². The molecule has 0 amide bonds. The number of ketones is 1. The molecule has 1 unspecified atom stereocenters. The highest BCUT2D eigenvalue weighted by Crippen LogP contribution is 2.45. The summed E-state index contributed by atoms with van der Waals surface area (Å²) in [4.78, 5) is 23.7. The zero-order chi connectivity index (χ0) is 14.4. The number of hydrogen-bond acceptors (Lipinski definition) is 5. The van der Waals surface area contributed by atoms with E-state index in [1.165, 1.54) is 7.11 Å². The molecule has 1 heterocycles. The third-order valence-corrected chi connectivity index (χ3v) is 3.78. The normalized spacial score (nSPS) is 26.2. The van der Waals surface area contributed by atoms with Crippen LogP contribution in [0.2, 0.25) is 5.02 Å². The minimum absolute atomic E-state index is 0.117. The smallest absolute Gasteiger partial charge is 0.309 e. The molecule has 3 rings (SSSR count). The van der Waals surface area contributed by atoms with E-state index < -0.39 is 6.29 Å². The maximum absolute atomic E-state index is 12.3. The summed E-state index contributed by atoms with van der Waals surface area (Å²) in [6, 6.07) is 3.16. The first kappa shape index (κ1) is 13.2. The van der Waals surface area contributed by atoms with Gasteiger partial charge < -0.3 is 14.2 Å². The number of fused-ring (bicyclic) bond motifs is 1.